The molecule has 1 amide bonds. The summed E-state index contributed by atoms with van der Waals surface area (Å²) in [7, 11) is 0. The van der Waals surface area contributed by atoms with Crippen LogP contribution in [0.5, 0.6) is 0 Å². The van der Waals surface area contributed by atoms with E-state index < -0.39 is 0 Å². The van der Waals surface area contributed by atoms with E-state index in [9.17, 15) is 9.59 Å². The van der Waals surface area contributed by atoms with Crippen molar-refractivity contribution >= 4 is 38.5 Å². The predicted octanol–water partition coefficient (Wildman–Crippen LogP) is 4.58. The molecule has 0 saturated carbocycles. The molecular formula is C24H26N4O2S. The smallest absolute Gasteiger partial charge is 0.329 e. The van der Waals surface area contributed by atoms with Crippen molar-refractivity contribution in [2.45, 2.75) is 51.7 Å². The second kappa shape index (κ2) is 8.30. The van der Waals surface area contributed by atoms with Gasteiger partial charge in [-0.15, -0.1) is 11.3 Å². The quantitative estimate of drug-likeness (QED) is 0.446. The van der Waals surface area contributed by atoms with Crippen LogP contribution in [0.2, 0.25) is 0 Å². The van der Waals surface area contributed by atoms with E-state index in [0.29, 0.717) is 19.5 Å². The minimum atomic E-state index is -0.0278. The number of aryl methyl sites for hydroxylation is 2. The van der Waals surface area contributed by atoms with Gasteiger partial charge in [0.2, 0.25) is 5.91 Å². The standard InChI is InChI=1S/C24H26N4O2S/c1-2-14-27-18-9-4-5-10-19(18)28(24(27)30)16-13-22(29)26-15-7-11-20(26)23-25-17-8-3-6-12-21(17)31-23/h3-6,8-10,12,20H,2,7,11,13-16H2,1H3. The number of nitrogens with zero attached hydrogens (tertiary/aromatic N) is 4. The van der Waals surface area contributed by atoms with Crippen LogP contribution in [-0.4, -0.2) is 31.5 Å². The molecule has 2 aromatic heterocycles. The molecule has 0 aliphatic carbocycles. The molecule has 0 bridgehead atoms. The Kier molecular flexibility index (Phi) is 5.36. The van der Waals surface area contributed by atoms with Crippen LogP contribution < -0.4 is 5.69 Å². The first-order valence-electron chi connectivity index (χ1n) is 11.0. The molecule has 0 radical (unpaired) electrons. The molecule has 0 N–H and O–H groups in total. The molecule has 1 aliphatic rings. The number of likely N-dealkylation sites (tertiary alicyclic amines) is 1. The van der Waals surface area contributed by atoms with E-state index in [-0.39, 0.29) is 17.6 Å². The number of thiazole rings is 1. The minimum Gasteiger partial charge on any atom is -0.333 e. The van der Waals surface area contributed by atoms with Crippen LogP contribution in [0.4, 0.5) is 0 Å². The van der Waals surface area contributed by atoms with Crippen molar-refractivity contribution in [3.63, 3.8) is 0 Å². The van der Waals surface area contributed by atoms with Gasteiger partial charge in [0.25, 0.3) is 0 Å². The monoisotopic (exact) mass is 434 g/mol. The Hall–Kier alpha value is -2.93. The van der Waals surface area contributed by atoms with Gasteiger partial charge in [-0.25, -0.2) is 9.78 Å². The number of imidazole rings is 1. The largest absolute Gasteiger partial charge is 0.333 e. The van der Waals surface area contributed by atoms with Gasteiger partial charge in [0.05, 0.1) is 27.3 Å². The summed E-state index contributed by atoms with van der Waals surface area (Å²) >= 11 is 1.68. The van der Waals surface area contributed by atoms with Crippen molar-refractivity contribution < 1.29 is 4.79 Å². The fraction of sp³-hybridized carbons (Fsp3) is 0.375. The SMILES string of the molecule is CCCn1c(=O)n(CCC(=O)N2CCCC2c2nc3ccccc3s2)c2ccccc21. The summed E-state index contributed by atoms with van der Waals surface area (Å²) in [5, 5.41) is 1.02. The molecule has 1 aliphatic heterocycles. The fourth-order valence-corrected chi connectivity index (χ4v) is 5.75. The highest BCUT2D eigenvalue weighted by Gasteiger charge is 2.32. The Balaban J connectivity index is 1.37. The van der Waals surface area contributed by atoms with Crippen molar-refractivity contribution in [1.82, 2.24) is 19.0 Å². The number of carbonyl (C=O) groups excluding carboxylic acids is 1. The Bertz CT molecular complexity index is 1270. The van der Waals surface area contributed by atoms with Gasteiger partial charge in [-0.2, -0.15) is 0 Å². The number of para-hydroxylation sites is 3. The highest BCUT2D eigenvalue weighted by Crippen LogP contribution is 2.36. The maximum absolute atomic E-state index is 13.2. The molecular weight excluding hydrogens is 408 g/mol. The van der Waals surface area contributed by atoms with Crippen LogP contribution in [0.1, 0.15) is 43.7 Å². The molecule has 1 unspecified atom stereocenters. The lowest BCUT2D eigenvalue weighted by Crippen LogP contribution is -2.32. The summed E-state index contributed by atoms with van der Waals surface area (Å²) in [5.74, 6) is 0.0981. The highest BCUT2D eigenvalue weighted by atomic mass is 32.1. The van der Waals surface area contributed by atoms with E-state index in [1.807, 2.05) is 51.9 Å². The Morgan fingerprint density at radius 3 is 2.52 bits per heavy atom. The zero-order valence-electron chi connectivity index (χ0n) is 17.7. The molecule has 2 aromatic carbocycles. The normalized spacial score (nSPS) is 16.5. The van der Waals surface area contributed by atoms with Crippen LogP contribution in [0, 0.1) is 0 Å². The molecule has 0 spiro atoms. The number of hydrogen-bond acceptors (Lipinski definition) is 4. The maximum Gasteiger partial charge on any atom is 0.329 e. The summed E-state index contributed by atoms with van der Waals surface area (Å²) < 4.78 is 4.73. The first-order valence-corrected chi connectivity index (χ1v) is 11.8. The molecule has 1 saturated heterocycles. The van der Waals surface area contributed by atoms with E-state index in [1.165, 1.54) is 0 Å². The third-order valence-corrected chi connectivity index (χ3v) is 7.23. The lowest BCUT2D eigenvalue weighted by molar-refractivity contribution is -0.132. The van der Waals surface area contributed by atoms with Crippen molar-refractivity contribution in [3.05, 3.63) is 64.0 Å². The fourth-order valence-electron chi connectivity index (χ4n) is 4.63. The van der Waals surface area contributed by atoms with Gasteiger partial charge in [-0.3, -0.25) is 13.9 Å². The van der Waals surface area contributed by atoms with E-state index in [1.54, 1.807) is 15.9 Å². The van der Waals surface area contributed by atoms with Gasteiger partial charge in [0.1, 0.15) is 5.01 Å². The molecule has 160 valence electrons. The molecule has 7 heteroatoms. The van der Waals surface area contributed by atoms with Gasteiger partial charge in [0, 0.05) is 26.1 Å². The van der Waals surface area contributed by atoms with Crippen LogP contribution >= 0.6 is 11.3 Å². The van der Waals surface area contributed by atoms with Gasteiger partial charge in [-0.1, -0.05) is 31.2 Å². The lowest BCUT2D eigenvalue weighted by atomic mass is 10.2. The molecule has 3 heterocycles. The number of carbonyl (C=O) groups is 1. The number of fused-ring (bicyclic) bond motifs is 2. The van der Waals surface area contributed by atoms with Crippen molar-refractivity contribution in [1.29, 1.82) is 0 Å². The predicted molar refractivity (Wildman–Crippen MR) is 124 cm³/mol. The Labute approximate surface area is 184 Å². The summed E-state index contributed by atoms with van der Waals surface area (Å²) in [6, 6.07) is 16.0. The summed E-state index contributed by atoms with van der Waals surface area (Å²) in [6.07, 6.45) is 3.15. The lowest BCUT2D eigenvalue weighted by Gasteiger charge is -2.23. The summed E-state index contributed by atoms with van der Waals surface area (Å²) in [6.45, 7) is 3.91. The van der Waals surface area contributed by atoms with Gasteiger partial charge in [0.15, 0.2) is 0 Å². The molecule has 1 fully saturated rings. The highest BCUT2D eigenvalue weighted by molar-refractivity contribution is 7.18. The van der Waals surface area contributed by atoms with E-state index in [2.05, 4.69) is 13.0 Å². The zero-order valence-corrected chi connectivity index (χ0v) is 18.5. The number of benzene rings is 2. The minimum absolute atomic E-state index is 0.0278. The maximum atomic E-state index is 13.2. The zero-order chi connectivity index (χ0) is 21.4. The average Bonchev–Trinajstić information content (AvgIpc) is 3.49. The average molecular weight is 435 g/mol. The van der Waals surface area contributed by atoms with Gasteiger partial charge >= 0.3 is 5.69 Å². The summed E-state index contributed by atoms with van der Waals surface area (Å²) in [5.41, 5.74) is 2.81. The van der Waals surface area contributed by atoms with E-state index in [4.69, 9.17) is 4.98 Å². The molecule has 5 rings (SSSR count). The summed E-state index contributed by atoms with van der Waals surface area (Å²) in [4.78, 5) is 32.9. The van der Waals surface area contributed by atoms with Crippen molar-refractivity contribution in [2.75, 3.05) is 6.54 Å². The second-order valence-electron chi connectivity index (χ2n) is 8.09. The first kappa shape index (κ1) is 20.0. The van der Waals surface area contributed by atoms with Gasteiger partial charge < -0.3 is 4.90 Å². The van der Waals surface area contributed by atoms with Crippen LogP contribution in [-0.2, 0) is 17.9 Å². The molecule has 31 heavy (non-hydrogen) atoms. The molecule has 6 nitrogen and oxygen atoms in total. The Morgan fingerprint density at radius 1 is 1.06 bits per heavy atom. The van der Waals surface area contributed by atoms with Gasteiger partial charge in [-0.05, 0) is 43.5 Å². The third kappa shape index (κ3) is 3.57. The molecule has 1 atom stereocenters. The van der Waals surface area contributed by atoms with Crippen molar-refractivity contribution in [2.24, 2.45) is 0 Å². The number of hydrogen-bond donors (Lipinski definition) is 0. The van der Waals surface area contributed by atoms with Crippen LogP contribution in [0.3, 0.4) is 0 Å². The van der Waals surface area contributed by atoms with E-state index in [0.717, 1.165) is 52.1 Å². The second-order valence-corrected chi connectivity index (χ2v) is 9.15. The number of rotatable bonds is 6. The Morgan fingerprint density at radius 2 is 1.77 bits per heavy atom. The topological polar surface area (TPSA) is 60.1 Å². The van der Waals surface area contributed by atoms with Crippen LogP contribution in [0.25, 0.3) is 21.3 Å². The van der Waals surface area contributed by atoms with Crippen molar-refractivity contribution in [3.8, 4) is 0 Å². The number of amides is 1. The van der Waals surface area contributed by atoms with E-state index >= 15 is 0 Å². The van der Waals surface area contributed by atoms with Crippen LogP contribution in [0.15, 0.2) is 53.3 Å². The molecule has 4 aromatic rings. The number of aromatic nitrogens is 3. The third-order valence-electron chi connectivity index (χ3n) is 6.09. The first-order chi connectivity index (χ1) is 15.2.